The van der Waals surface area contributed by atoms with Crippen LogP contribution in [0.5, 0.6) is 5.75 Å². The third-order valence-electron chi connectivity index (χ3n) is 4.64. The number of thiazole rings is 1. The molecule has 0 bridgehead atoms. The molecule has 2 aromatic heterocycles. The van der Waals surface area contributed by atoms with E-state index in [1.165, 1.54) is 16.9 Å². The number of hydrogen-bond donors (Lipinski definition) is 0. The maximum Gasteiger partial charge on any atom is 0.264 e. The molecule has 160 valence electrons. The summed E-state index contributed by atoms with van der Waals surface area (Å²) in [6, 6.07) is 11.9. The minimum atomic E-state index is 0.0396. The zero-order valence-corrected chi connectivity index (χ0v) is 19.3. The van der Waals surface area contributed by atoms with Gasteiger partial charge in [0.15, 0.2) is 0 Å². The summed E-state index contributed by atoms with van der Waals surface area (Å²) < 4.78 is 11.2. The Bertz CT molecular complexity index is 922. The van der Waals surface area contributed by atoms with Crippen LogP contribution in [0.1, 0.15) is 52.1 Å². The van der Waals surface area contributed by atoms with Crippen LogP contribution in [0.15, 0.2) is 47.2 Å². The second kappa shape index (κ2) is 11.2. The molecule has 2 heterocycles. The molecule has 30 heavy (non-hydrogen) atoms. The van der Waals surface area contributed by atoms with Crippen molar-refractivity contribution in [2.45, 2.75) is 39.3 Å². The smallest absolute Gasteiger partial charge is 0.264 e. The Morgan fingerprint density at radius 2 is 2.00 bits per heavy atom. The van der Waals surface area contributed by atoms with Gasteiger partial charge >= 0.3 is 0 Å². The first-order chi connectivity index (χ1) is 14.6. The van der Waals surface area contributed by atoms with Crippen LogP contribution in [0.25, 0.3) is 0 Å². The van der Waals surface area contributed by atoms with Crippen LogP contribution in [0.2, 0.25) is 0 Å². The van der Waals surface area contributed by atoms with E-state index in [2.05, 4.69) is 19.9 Å². The van der Waals surface area contributed by atoms with Crippen molar-refractivity contribution < 1.29 is 14.3 Å². The molecule has 0 aliphatic rings. The van der Waals surface area contributed by atoms with E-state index in [1.54, 1.807) is 18.4 Å². The largest absolute Gasteiger partial charge is 0.486 e. The predicted octanol–water partition coefficient (Wildman–Crippen LogP) is 5.59. The average Bonchev–Trinajstić information content (AvgIpc) is 3.43. The number of carbonyl (C=O) groups is 1. The van der Waals surface area contributed by atoms with Crippen molar-refractivity contribution in [3.63, 3.8) is 0 Å². The van der Waals surface area contributed by atoms with Gasteiger partial charge in [0.2, 0.25) is 0 Å². The molecular formula is C23H28N2O3S2. The summed E-state index contributed by atoms with van der Waals surface area (Å²) in [5, 5.41) is 4.84. The Morgan fingerprint density at radius 1 is 1.17 bits per heavy atom. The van der Waals surface area contributed by atoms with E-state index < -0.39 is 0 Å². The monoisotopic (exact) mass is 444 g/mol. The number of aromatic nitrogens is 1. The first-order valence-electron chi connectivity index (χ1n) is 10.0. The molecule has 3 aromatic rings. The topological polar surface area (TPSA) is 51.7 Å². The highest BCUT2D eigenvalue weighted by atomic mass is 32.1. The number of benzene rings is 1. The van der Waals surface area contributed by atoms with E-state index >= 15 is 0 Å². The first kappa shape index (κ1) is 22.5. The minimum absolute atomic E-state index is 0.0396. The standard InChI is InChI=1S/C23H28N2O3S2/c1-17(2)19-8-4-5-9-20(19)28-15-22-24-18(16-30-22)14-25(11-7-12-27-3)23(26)21-10-6-13-29-21/h4-6,8-10,13,16-17H,7,11-12,14-15H2,1-3H3. The average molecular weight is 445 g/mol. The Kier molecular flexibility index (Phi) is 8.42. The van der Waals surface area contributed by atoms with E-state index in [1.807, 2.05) is 46.0 Å². The molecule has 0 fully saturated rings. The molecule has 7 heteroatoms. The van der Waals surface area contributed by atoms with Crippen molar-refractivity contribution in [3.8, 4) is 5.75 Å². The zero-order valence-electron chi connectivity index (χ0n) is 17.7. The van der Waals surface area contributed by atoms with Gasteiger partial charge in [-0.05, 0) is 35.4 Å². The third kappa shape index (κ3) is 6.14. The van der Waals surface area contributed by atoms with Crippen LogP contribution < -0.4 is 4.74 Å². The summed E-state index contributed by atoms with van der Waals surface area (Å²) in [7, 11) is 1.68. The molecule has 0 atom stereocenters. The van der Waals surface area contributed by atoms with Gasteiger partial charge in [0, 0.05) is 25.6 Å². The lowest BCUT2D eigenvalue weighted by Gasteiger charge is -2.21. The molecule has 1 amide bonds. The van der Waals surface area contributed by atoms with Gasteiger partial charge in [0.25, 0.3) is 5.91 Å². The maximum atomic E-state index is 12.9. The van der Waals surface area contributed by atoms with E-state index in [9.17, 15) is 4.79 Å². The number of para-hydroxylation sites is 1. The Morgan fingerprint density at radius 3 is 2.73 bits per heavy atom. The molecule has 0 aliphatic heterocycles. The molecule has 0 saturated carbocycles. The van der Waals surface area contributed by atoms with E-state index in [-0.39, 0.29) is 5.91 Å². The highest BCUT2D eigenvalue weighted by Gasteiger charge is 2.18. The van der Waals surface area contributed by atoms with Crippen LogP contribution in [-0.2, 0) is 17.9 Å². The van der Waals surface area contributed by atoms with Crippen LogP contribution >= 0.6 is 22.7 Å². The van der Waals surface area contributed by atoms with Crippen LogP contribution in [0, 0.1) is 0 Å². The fraction of sp³-hybridized carbons (Fsp3) is 0.391. The quantitative estimate of drug-likeness (QED) is 0.362. The minimum Gasteiger partial charge on any atom is -0.486 e. The van der Waals surface area contributed by atoms with Crippen molar-refractivity contribution in [1.82, 2.24) is 9.88 Å². The number of hydrogen-bond acceptors (Lipinski definition) is 6. The Hall–Kier alpha value is -2.22. The van der Waals surface area contributed by atoms with Gasteiger partial charge in [-0.15, -0.1) is 22.7 Å². The van der Waals surface area contributed by atoms with Gasteiger partial charge in [0.1, 0.15) is 17.4 Å². The highest BCUT2D eigenvalue weighted by Crippen LogP contribution is 2.27. The molecule has 0 radical (unpaired) electrons. The van der Waals surface area contributed by atoms with Gasteiger partial charge in [0.05, 0.1) is 17.1 Å². The predicted molar refractivity (Wildman–Crippen MR) is 123 cm³/mol. The fourth-order valence-electron chi connectivity index (χ4n) is 3.12. The fourth-order valence-corrected chi connectivity index (χ4v) is 4.51. The maximum absolute atomic E-state index is 12.9. The van der Waals surface area contributed by atoms with Crippen molar-refractivity contribution in [2.24, 2.45) is 0 Å². The number of thiophene rings is 1. The summed E-state index contributed by atoms with van der Waals surface area (Å²) in [5.74, 6) is 1.34. The van der Waals surface area contributed by atoms with Gasteiger partial charge in [-0.1, -0.05) is 38.1 Å². The number of amides is 1. The Balaban J connectivity index is 1.64. The Labute approximate surface area is 186 Å². The van der Waals surface area contributed by atoms with Crippen molar-refractivity contribution in [2.75, 3.05) is 20.3 Å². The number of nitrogens with zero attached hydrogens (tertiary/aromatic N) is 2. The molecule has 3 rings (SSSR count). The van der Waals surface area contributed by atoms with E-state index in [0.29, 0.717) is 32.2 Å². The van der Waals surface area contributed by atoms with Crippen LogP contribution in [0.3, 0.4) is 0 Å². The second-order valence-corrected chi connectivity index (χ2v) is 9.15. The van der Waals surface area contributed by atoms with E-state index in [0.717, 1.165) is 27.7 Å². The summed E-state index contributed by atoms with van der Waals surface area (Å²) in [6.07, 6.45) is 0.791. The summed E-state index contributed by atoms with van der Waals surface area (Å²) >= 11 is 3.03. The van der Waals surface area contributed by atoms with Gasteiger partial charge in [-0.3, -0.25) is 4.79 Å². The lowest BCUT2D eigenvalue weighted by atomic mass is 10.0. The second-order valence-electron chi connectivity index (χ2n) is 7.26. The van der Waals surface area contributed by atoms with Crippen molar-refractivity contribution >= 4 is 28.6 Å². The molecule has 0 saturated heterocycles. The molecule has 1 aromatic carbocycles. The van der Waals surface area contributed by atoms with Crippen LogP contribution in [0.4, 0.5) is 0 Å². The zero-order chi connectivity index (χ0) is 21.3. The SMILES string of the molecule is COCCCN(Cc1csc(COc2ccccc2C(C)C)n1)C(=O)c1cccs1. The normalized spacial score (nSPS) is 11.1. The van der Waals surface area contributed by atoms with Crippen molar-refractivity contribution in [3.05, 3.63) is 68.3 Å². The summed E-state index contributed by atoms with van der Waals surface area (Å²) in [6.45, 7) is 6.49. The van der Waals surface area contributed by atoms with Gasteiger partial charge in [-0.2, -0.15) is 0 Å². The molecule has 0 unspecified atom stereocenters. The lowest BCUT2D eigenvalue weighted by Crippen LogP contribution is -2.31. The molecule has 5 nitrogen and oxygen atoms in total. The van der Waals surface area contributed by atoms with Gasteiger partial charge < -0.3 is 14.4 Å². The summed E-state index contributed by atoms with van der Waals surface area (Å²) in [4.78, 5) is 20.2. The molecular weight excluding hydrogens is 416 g/mol. The highest BCUT2D eigenvalue weighted by molar-refractivity contribution is 7.12. The third-order valence-corrected chi connectivity index (χ3v) is 6.37. The molecule has 0 spiro atoms. The number of rotatable bonds is 11. The van der Waals surface area contributed by atoms with Crippen molar-refractivity contribution in [1.29, 1.82) is 0 Å². The van der Waals surface area contributed by atoms with Crippen LogP contribution in [-0.4, -0.2) is 36.1 Å². The molecule has 0 N–H and O–H groups in total. The number of carbonyl (C=O) groups excluding carboxylic acids is 1. The number of ether oxygens (including phenoxy) is 2. The number of methoxy groups -OCH3 is 1. The molecule has 0 aliphatic carbocycles. The first-order valence-corrected chi connectivity index (χ1v) is 11.8. The summed E-state index contributed by atoms with van der Waals surface area (Å²) in [5.41, 5.74) is 2.08. The lowest BCUT2D eigenvalue weighted by molar-refractivity contribution is 0.0726. The van der Waals surface area contributed by atoms with Gasteiger partial charge in [-0.25, -0.2) is 4.98 Å². The van der Waals surface area contributed by atoms with E-state index in [4.69, 9.17) is 14.5 Å².